The molecular weight excluding hydrogens is 496 g/mol. The van der Waals surface area contributed by atoms with Crippen LogP contribution in [0.3, 0.4) is 0 Å². The Morgan fingerprint density at radius 1 is 1.11 bits per heavy atom. The molecule has 1 amide bonds. The molecule has 1 aromatic carbocycles. The predicted molar refractivity (Wildman–Crippen MR) is 137 cm³/mol. The third-order valence-electron chi connectivity index (χ3n) is 5.70. The Morgan fingerprint density at radius 3 is 2.55 bits per heavy atom. The third-order valence-corrected chi connectivity index (χ3v) is 5.70. The monoisotopic (exact) mass is 528 g/mol. The second kappa shape index (κ2) is 13.8. The Labute approximate surface area is 218 Å². The number of H-pyrrole nitrogens is 1. The van der Waals surface area contributed by atoms with E-state index in [2.05, 4.69) is 20.3 Å². The average Bonchev–Trinajstić information content (AvgIpc) is 3.33. The van der Waals surface area contributed by atoms with E-state index in [4.69, 9.17) is 19.9 Å². The number of hydrogen-bond acceptors (Lipinski definition) is 10. The molecule has 204 valence electrons. The largest absolute Gasteiger partial charge is 0.465 e. The molecule has 0 aliphatic carbocycles. The van der Waals surface area contributed by atoms with Crippen molar-refractivity contribution >= 4 is 35.1 Å². The standard InChI is InChI=1S/C25H32N6O7/c1-3-18(28-25(35)38-12-16-8-6-5-7-9-16)23(34)37-14-17(13-36-19(32)4-2)10-11-31-15-27-20-21(31)29-24(26)30-22(20)33/h5-9,15,17-18H,3-4,10-14H2,1-2H3,(H,28,35)(H3,26,29,30,33)/t17?,18-/m0/s1. The Balaban J connectivity index is 1.57. The van der Waals surface area contributed by atoms with Crippen LogP contribution in [0, 0.1) is 5.92 Å². The van der Waals surface area contributed by atoms with Crippen molar-refractivity contribution in [1.29, 1.82) is 0 Å². The van der Waals surface area contributed by atoms with Gasteiger partial charge in [0.2, 0.25) is 5.95 Å². The second-order valence-corrected chi connectivity index (χ2v) is 8.55. The van der Waals surface area contributed by atoms with E-state index in [0.717, 1.165) is 5.56 Å². The van der Waals surface area contributed by atoms with Gasteiger partial charge in [0.1, 0.15) is 12.6 Å². The molecule has 4 N–H and O–H groups in total. The number of esters is 2. The Morgan fingerprint density at radius 2 is 1.84 bits per heavy atom. The van der Waals surface area contributed by atoms with Crippen molar-refractivity contribution in [2.45, 2.75) is 52.3 Å². The van der Waals surface area contributed by atoms with Crippen LogP contribution in [0.5, 0.6) is 0 Å². The van der Waals surface area contributed by atoms with Crippen molar-refractivity contribution in [1.82, 2.24) is 24.8 Å². The predicted octanol–water partition coefficient (Wildman–Crippen LogP) is 1.91. The molecule has 2 aromatic heterocycles. The van der Waals surface area contributed by atoms with E-state index in [1.54, 1.807) is 18.4 Å². The molecule has 0 bridgehead atoms. The second-order valence-electron chi connectivity index (χ2n) is 8.55. The zero-order valence-corrected chi connectivity index (χ0v) is 21.3. The summed E-state index contributed by atoms with van der Waals surface area (Å²) in [6.07, 6.45) is 1.63. The number of fused-ring (bicyclic) bond motifs is 1. The van der Waals surface area contributed by atoms with Crippen LogP contribution in [-0.2, 0) is 37.0 Å². The van der Waals surface area contributed by atoms with E-state index in [1.165, 1.54) is 6.33 Å². The number of rotatable bonds is 13. The average molecular weight is 529 g/mol. The third kappa shape index (κ3) is 8.05. The lowest BCUT2D eigenvalue weighted by Gasteiger charge is -2.20. The van der Waals surface area contributed by atoms with Crippen LogP contribution in [0.1, 0.15) is 38.7 Å². The van der Waals surface area contributed by atoms with Gasteiger partial charge in [-0.05, 0) is 18.4 Å². The van der Waals surface area contributed by atoms with Gasteiger partial charge >= 0.3 is 18.0 Å². The van der Waals surface area contributed by atoms with Crippen molar-refractivity contribution in [3.63, 3.8) is 0 Å². The number of hydrogen-bond donors (Lipinski definition) is 3. The lowest BCUT2D eigenvalue weighted by atomic mass is 10.1. The van der Waals surface area contributed by atoms with Gasteiger partial charge in [0.25, 0.3) is 5.56 Å². The summed E-state index contributed by atoms with van der Waals surface area (Å²) in [6, 6.07) is 8.25. The van der Waals surface area contributed by atoms with E-state index in [1.807, 2.05) is 30.3 Å². The van der Waals surface area contributed by atoms with Gasteiger partial charge in [0.05, 0.1) is 19.5 Å². The topological polar surface area (TPSA) is 181 Å². The number of carbonyl (C=O) groups excluding carboxylic acids is 3. The highest BCUT2D eigenvalue weighted by atomic mass is 16.6. The van der Waals surface area contributed by atoms with E-state index >= 15 is 0 Å². The molecule has 3 aromatic rings. The number of aromatic nitrogens is 4. The van der Waals surface area contributed by atoms with Crippen molar-refractivity contribution in [2.75, 3.05) is 18.9 Å². The van der Waals surface area contributed by atoms with Gasteiger partial charge < -0.3 is 29.8 Å². The smallest absolute Gasteiger partial charge is 0.408 e. The molecular formula is C25H32N6O7. The van der Waals surface area contributed by atoms with Gasteiger partial charge in [-0.1, -0.05) is 44.2 Å². The lowest BCUT2D eigenvalue weighted by Crippen LogP contribution is -2.42. The number of amides is 1. The normalized spacial score (nSPS) is 12.5. The van der Waals surface area contributed by atoms with Crippen LogP contribution in [0.4, 0.5) is 10.7 Å². The quantitative estimate of drug-likeness (QED) is 0.219. The number of benzene rings is 1. The van der Waals surface area contributed by atoms with Crippen molar-refractivity contribution in [3.05, 3.63) is 52.6 Å². The first kappa shape index (κ1) is 28.2. The minimum atomic E-state index is -0.909. The zero-order chi connectivity index (χ0) is 27.5. The molecule has 0 fully saturated rings. The molecule has 0 spiro atoms. The highest BCUT2D eigenvalue weighted by Crippen LogP contribution is 2.13. The van der Waals surface area contributed by atoms with Crippen LogP contribution in [0.2, 0.25) is 0 Å². The summed E-state index contributed by atoms with van der Waals surface area (Å²) in [5, 5.41) is 2.52. The zero-order valence-electron chi connectivity index (χ0n) is 21.3. The van der Waals surface area contributed by atoms with E-state index in [0.29, 0.717) is 18.6 Å². The molecule has 0 aliphatic rings. The molecule has 0 saturated carbocycles. The fraction of sp³-hybridized carbons (Fsp3) is 0.440. The summed E-state index contributed by atoms with van der Waals surface area (Å²) in [4.78, 5) is 59.2. The number of nitrogens with two attached hydrogens (primary N) is 1. The van der Waals surface area contributed by atoms with E-state index in [-0.39, 0.29) is 56.0 Å². The van der Waals surface area contributed by atoms with Gasteiger partial charge in [0, 0.05) is 18.9 Å². The number of nitrogens with zero attached hydrogens (tertiary/aromatic N) is 3. The first-order chi connectivity index (χ1) is 18.3. The lowest BCUT2D eigenvalue weighted by molar-refractivity contribution is -0.150. The summed E-state index contributed by atoms with van der Waals surface area (Å²) in [7, 11) is 0. The number of nitrogens with one attached hydrogen (secondary N) is 2. The molecule has 2 atom stereocenters. The van der Waals surface area contributed by atoms with Gasteiger partial charge in [-0.3, -0.25) is 14.6 Å². The molecule has 0 aliphatic heterocycles. The Kier molecular flexibility index (Phi) is 10.2. The maximum atomic E-state index is 12.7. The fourth-order valence-electron chi connectivity index (χ4n) is 3.52. The maximum Gasteiger partial charge on any atom is 0.408 e. The molecule has 1 unspecified atom stereocenters. The number of ether oxygens (including phenoxy) is 3. The Hall–Kier alpha value is -4.42. The van der Waals surface area contributed by atoms with Gasteiger partial charge in [-0.15, -0.1) is 0 Å². The summed E-state index contributed by atoms with van der Waals surface area (Å²) >= 11 is 0. The maximum absolute atomic E-state index is 12.7. The minimum Gasteiger partial charge on any atom is -0.465 e. The summed E-state index contributed by atoms with van der Waals surface area (Å²) in [5.74, 6) is -1.42. The Bertz CT molecular complexity index is 1290. The first-order valence-electron chi connectivity index (χ1n) is 12.3. The number of anilines is 1. The van der Waals surface area contributed by atoms with Gasteiger partial charge in [-0.2, -0.15) is 4.98 Å². The highest BCUT2D eigenvalue weighted by Gasteiger charge is 2.23. The molecule has 2 heterocycles. The minimum absolute atomic E-state index is 0.0199. The highest BCUT2D eigenvalue weighted by molar-refractivity contribution is 5.81. The number of imidazole rings is 1. The SMILES string of the molecule is CCC(=O)OCC(CCn1cnc2c(=O)[nH]c(N)nc21)COC(=O)[C@H](CC)NC(=O)OCc1ccccc1. The van der Waals surface area contributed by atoms with Gasteiger partial charge in [-0.25, -0.2) is 14.6 Å². The fourth-order valence-corrected chi connectivity index (χ4v) is 3.52. The van der Waals surface area contributed by atoms with Crippen molar-refractivity contribution in [2.24, 2.45) is 5.92 Å². The van der Waals surface area contributed by atoms with Crippen LogP contribution in [-0.4, -0.2) is 56.8 Å². The molecule has 0 radical (unpaired) electrons. The molecule has 3 rings (SSSR count). The molecule has 38 heavy (non-hydrogen) atoms. The van der Waals surface area contributed by atoms with Crippen LogP contribution in [0.15, 0.2) is 41.5 Å². The van der Waals surface area contributed by atoms with Crippen molar-refractivity contribution in [3.8, 4) is 0 Å². The molecule has 13 nitrogen and oxygen atoms in total. The number of carbonyl (C=O) groups is 3. The number of nitrogen functional groups attached to an aromatic ring is 1. The van der Waals surface area contributed by atoms with Crippen molar-refractivity contribution < 1.29 is 28.6 Å². The first-order valence-corrected chi connectivity index (χ1v) is 12.3. The summed E-state index contributed by atoms with van der Waals surface area (Å²) in [6.45, 7) is 3.78. The number of aromatic amines is 1. The summed E-state index contributed by atoms with van der Waals surface area (Å²) in [5.41, 5.74) is 6.48. The van der Waals surface area contributed by atoms with E-state index < -0.39 is 23.7 Å². The summed E-state index contributed by atoms with van der Waals surface area (Å²) < 4.78 is 17.6. The molecule has 13 heteroatoms. The van der Waals surface area contributed by atoms with Crippen LogP contribution < -0.4 is 16.6 Å². The molecule has 0 saturated heterocycles. The number of aryl methyl sites for hydroxylation is 1. The van der Waals surface area contributed by atoms with Crippen LogP contribution >= 0.6 is 0 Å². The van der Waals surface area contributed by atoms with Gasteiger partial charge in [0.15, 0.2) is 11.2 Å². The van der Waals surface area contributed by atoms with Crippen LogP contribution in [0.25, 0.3) is 11.2 Å². The number of alkyl carbamates (subject to hydrolysis) is 1. The van der Waals surface area contributed by atoms with E-state index in [9.17, 15) is 19.2 Å².